The summed E-state index contributed by atoms with van der Waals surface area (Å²) in [5.41, 5.74) is 0.587. The van der Waals surface area contributed by atoms with Gasteiger partial charge in [0.15, 0.2) is 0 Å². The highest BCUT2D eigenvalue weighted by atomic mass is 35.5. The second-order valence-electron chi connectivity index (χ2n) is 10.3. The van der Waals surface area contributed by atoms with E-state index in [1.807, 2.05) is 4.90 Å². The molecule has 0 aliphatic carbocycles. The van der Waals surface area contributed by atoms with E-state index in [4.69, 9.17) is 25.5 Å². The van der Waals surface area contributed by atoms with Crippen LogP contribution >= 0.6 is 23.4 Å². The minimum Gasteiger partial charge on any atom is -0.444 e. The number of carbonyl (C=O) groups is 2. The highest BCUT2D eigenvalue weighted by Gasteiger charge is 2.34. The Bertz CT molecular complexity index is 1390. The molecule has 0 spiro atoms. The predicted octanol–water partition coefficient (Wildman–Crippen LogP) is 4.90. The molecule has 13 heteroatoms. The fraction of sp³-hybridized carbons (Fsp3) is 0.407. The summed E-state index contributed by atoms with van der Waals surface area (Å²) in [6.07, 6.45) is -0.711. The van der Waals surface area contributed by atoms with Crippen molar-refractivity contribution in [2.75, 3.05) is 41.9 Å². The second-order valence-corrected chi connectivity index (χ2v) is 11.8. The minimum absolute atomic E-state index is 0.00152. The number of morpholine rings is 1. The third-order valence-electron chi connectivity index (χ3n) is 6.18. The summed E-state index contributed by atoms with van der Waals surface area (Å²) in [4.78, 5) is 30.4. The van der Waals surface area contributed by atoms with Crippen LogP contribution in [0.2, 0.25) is 5.02 Å². The summed E-state index contributed by atoms with van der Waals surface area (Å²) >= 11 is 7.33. The van der Waals surface area contributed by atoms with E-state index in [1.165, 1.54) is 28.8 Å². The molecule has 10 nitrogen and oxygen atoms in total. The number of carbonyl (C=O) groups excluding carboxylic acids is 2. The smallest absolute Gasteiger partial charge is 0.408 e. The molecule has 5 rings (SSSR count). The molecule has 2 amide bonds. The number of nitrogens with zero attached hydrogens (tertiary/aromatic N) is 4. The highest BCUT2D eigenvalue weighted by molar-refractivity contribution is 7.99. The highest BCUT2D eigenvalue weighted by Crippen LogP contribution is 2.40. The summed E-state index contributed by atoms with van der Waals surface area (Å²) in [5, 5.41) is 11.4. The van der Waals surface area contributed by atoms with Gasteiger partial charge in [0.05, 0.1) is 31.0 Å². The van der Waals surface area contributed by atoms with Gasteiger partial charge < -0.3 is 29.0 Å². The fourth-order valence-corrected chi connectivity index (χ4v) is 5.48. The van der Waals surface area contributed by atoms with Gasteiger partial charge in [-0.25, -0.2) is 9.18 Å². The van der Waals surface area contributed by atoms with Crippen LogP contribution in [0.4, 0.5) is 20.9 Å². The van der Waals surface area contributed by atoms with Crippen LogP contribution in [-0.4, -0.2) is 65.9 Å². The number of anilines is 2. The maximum absolute atomic E-state index is 15.5. The molecule has 0 radical (unpaired) electrons. The molecule has 1 N–H and O–H groups in total. The standard InChI is InChI=1S/C27H29ClFN5O5S/c1-27(2,3)39-26(36)30-20-15-40-22-13-19(29)18(23-31-32-25(38-23)33-8-10-37-11-9-33)12-21(22)34(24(20)35)14-16-4-6-17(28)7-5-16/h4-7,12-13,20H,8-11,14-15H2,1-3H3,(H,30,36)/t20-/m0/s1. The van der Waals surface area contributed by atoms with Crippen LogP contribution in [0.3, 0.4) is 0 Å². The number of alkyl carbamates (subject to hydrolysis) is 1. The van der Waals surface area contributed by atoms with Gasteiger partial charge in [0.25, 0.3) is 11.8 Å². The first-order chi connectivity index (χ1) is 19.1. The van der Waals surface area contributed by atoms with Crippen molar-refractivity contribution in [3.8, 4) is 11.5 Å². The van der Waals surface area contributed by atoms with Gasteiger partial charge >= 0.3 is 12.1 Å². The van der Waals surface area contributed by atoms with E-state index in [-0.39, 0.29) is 35.7 Å². The quantitative estimate of drug-likeness (QED) is 0.444. The summed E-state index contributed by atoms with van der Waals surface area (Å²) < 4.78 is 32.0. The number of rotatable bonds is 5. The Hall–Kier alpha value is -3.35. The van der Waals surface area contributed by atoms with Crippen LogP contribution in [-0.2, 0) is 20.8 Å². The number of halogens is 2. The van der Waals surface area contributed by atoms with Crippen molar-refractivity contribution in [2.24, 2.45) is 0 Å². The first kappa shape index (κ1) is 28.2. The summed E-state index contributed by atoms with van der Waals surface area (Å²) in [7, 11) is 0. The third-order valence-corrected chi connectivity index (χ3v) is 7.57. The zero-order valence-corrected chi connectivity index (χ0v) is 23.9. The van der Waals surface area contributed by atoms with Crippen LogP contribution in [0.5, 0.6) is 0 Å². The zero-order valence-electron chi connectivity index (χ0n) is 22.3. The van der Waals surface area contributed by atoms with Crippen molar-refractivity contribution in [1.82, 2.24) is 15.5 Å². The number of ether oxygens (including phenoxy) is 2. The molecule has 0 saturated carbocycles. The SMILES string of the molecule is CC(C)(C)OC(=O)N[C@H]1CSc2cc(F)c(-c3nnc(N4CCOCC4)o3)cc2N(Cc2ccc(Cl)cc2)C1=O. The van der Waals surface area contributed by atoms with E-state index in [0.717, 1.165) is 5.56 Å². The lowest BCUT2D eigenvalue weighted by atomic mass is 10.1. The molecular weight excluding hydrogens is 561 g/mol. The van der Waals surface area contributed by atoms with Crippen LogP contribution in [0, 0.1) is 5.82 Å². The van der Waals surface area contributed by atoms with Crippen molar-refractivity contribution in [2.45, 2.75) is 43.9 Å². The van der Waals surface area contributed by atoms with E-state index < -0.39 is 23.6 Å². The van der Waals surface area contributed by atoms with E-state index >= 15 is 4.39 Å². The lowest BCUT2D eigenvalue weighted by Crippen LogP contribution is -2.50. The Morgan fingerprint density at radius 2 is 1.93 bits per heavy atom. The van der Waals surface area contributed by atoms with Gasteiger partial charge in [0, 0.05) is 28.8 Å². The topological polar surface area (TPSA) is 110 Å². The zero-order chi connectivity index (χ0) is 28.4. The number of fused-ring (bicyclic) bond motifs is 1. The molecule has 1 atom stereocenters. The van der Waals surface area contributed by atoms with Crippen molar-refractivity contribution >= 4 is 47.1 Å². The Kier molecular flexibility index (Phi) is 8.20. The van der Waals surface area contributed by atoms with Crippen LogP contribution in [0.15, 0.2) is 45.7 Å². The van der Waals surface area contributed by atoms with Crippen molar-refractivity contribution in [1.29, 1.82) is 0 Å². The molecule has 1 aromatic heterocycles. The molecule has 2 aromatic carbocycles. The van der Waals surface area contributed by atoms with Gasteiger partial charge in [-0.05, 0) is 50.6 Å². The molecule has 1 fully saturated rings. The van der Waals surface area contributed by atoms with Gasteiger partial charge in [-0.1, -0.05) is 28.8 Å². The lowest BCUT2D eigenvalue weighted by molar-refractivity contribution is -0.120. The Morgan fingerprint density at radius 3 is 2.62 bits per heavy atom. The minimum atomic E-state index is -0.914. The van der Waals surface area contributed by atoms with E-state index in [2.05, 4.69) is 15.5 Å². The number of benzene rings is 2. The number of hydrogen-bond acceptors (Lipinski definition) is 9. The monoisotopic (exact) mass is 589 g/mol. The number of thioether (sulfide) groups is 1. The molecule has 40 heavy (non-hydrogen) atoms. The van der Waals surface area contributed by atoms with Gasteiger partial charge in [0.2, 0.25) is 0 Å². The Labute approximate surface area is 240 Å². The molecule has 2 aliphatic heterocycles. The van der Waals surface area contributed by atoms with Gasteiger partial charge in [-0.3, -0.25) is 4.79 Å². The largest absolute Gasteiger partial charge is 0.444 e. The molecule has 1 saturated heterocycles. The number of hydrogen-bond donors (Lipinski definition) is 1. The number of nitrogens with one attached hydrogen (secondary N) is 1. The molecule has 3 heterocycles. The van der Waals surface area contributed by atoms with Crippen LogP contribution < -0.4 is 15.1 Å². The summed E-state index contributed by atoms with van der Waals surface area (Å²) in [5.74, 6) is -0.758. The Morgan fingerprint density at radius 1 is 1.20 bits per heavy atom. The molecular formula is C27H29ClFN5O5S. The van der Waals surface area contributed by atoms with E-state index in [9.17, 15) is 9.59 Å². The van der Waals surface area contributed by atoms with Gasteiger partial charge in [-0.2, -0.15) is 0 Å². The third kappa shape index (κ3) is 6.51. The van der Waals surface area contributed by atoms with E-state index in [0.29, 0.717) is 41.9 Å². The van der Waals surface area contributed by atoms with Crippen molar-refractivity contribution < 1.29 is 27.9 Å². The molecule has 0 bridgehead atoms. The average molecular weight is 590 g/mol. The predicted molar refractivity (Wildman–Crippen MR) is 149 cm³/mol. The average Bonchev–Trinajstić information content (AvgIpc) is 3.36. The summed E-state index contributed by atoms with van der Waals surface area (Å²) in [6.45, 7) is 7.61. The van der Waals surface area contributed by atoms with Crippen molar-refractivity contribution in [3.63, 3.8) is 0 Å². The fourth-order valence-electron chi connectivity index (χ4n) is 4.28. The van der Waals surface area contributed by atoms with E-state index in [1.54, 1.807) is 45.0 Å². The maximum atomic E-state index is 15.5. The first-order valence-electron chi connectivity index (χ1n) is 12.8. The molecule has 2 aliphatic rings. The number of amides is 2. The van der Waals surface area contributed by atoms with Crippen molar-refractivity contribution in [3.05, 3.63) is 52.8 Å². The molecule has 0 unspecified atom stereocenters. The molecule has 212 valence electrons. The maximum Gasteiger partial charge on any atom is 0.408 e. The van der Waals surface area contributed by atoms with Gasteiger partial charge in [-0.15, -0.1) is 16.9 Å². The first-order valence-corrected chi connectivity index (χ1v) is 14.1. The van der Waals surface area contributed by atoms with Crippen LogP contribution in [0.25, 0.3) is 11.5 Å². The second kappa shape index (κ2) is 11.6. The van der Waals surface area contributed by atoms with Gasteiger partial charge in [0.1, 0.15) is 17.5 Å². The van der Waals surface area contributed by atoms with Crippen LogP contribution in [0.1, 0.15) is 26.3 Å². The lowest BCUT2D eigenvalue weighted by Gasteiger charge is -2.27. The number of aromatic nitrogens is 2. The summed E-state index contributed by atoms with van der Waals surface area (Å²) in [6, 6.07) is 9.32. The Balaban J connectivity index is 1.49. The molecule has 3 aromatic rings. The normalized spacial score (nSPS) is 17.8.